The Morgan fingerprint density at radius 2 is 1.68 bits per heavy atom. The quantitative estimate of drug-likeness (QED) is 0.503. The van der Waals surface area contributed by atoms with Crippen LogP contribution in [0.2, 0.25) is 0 Å². The molecule has 0 bridgehead atoms. The van der Waals surface area contributed by atoms with E-state index in [0.29, 0.717) is 11.4 Å². The molecule has 1 saturated carbocycles. The van der Waals surface area contributed by atoms with Gasteiger partial charge in [0.1, 0.15) is 18.3 Å². The first-order valence-electron chi connectivity index (χ1n) is 12.8. The van der Waals surface area contributed by atoms with Crippen molar-refractivity contribution in [2.45, 2.75) is 71.5 Å². The van der Waals surface area contributed by atoms with E-state index in [1.807, 2.05) is 50.2 Å². The van der Waals surface area contributed by atoms with Crippen molar-refractivity contribution in [2.24, 2.45) is 0 Å². The molecule has 1 fully saturated rings. The number of anilines is 1. The molecule has 3 rings (SSSR count). The van der Waals surface area contributed by atoms with Crippen molar-refractivity contribution in [3.05, 3.63) is 59.2 Å². The van der Waals surface area contributed by atoms with Gasteiger partial charge in [-0.2, -0.15) is 0 Å². The van der Waals surface area contributed by atoms with Crippen LogP contribution in [0.5, 0.6) is 5.75 Å². The summed E-state index contributed by atoms with van der Waals surface area (Å²) in [7, 11) is -2.21. The van der Waals surface area contributed by atoms with Gasteiger partial charge in [0.2, 0.25) is 21.8 Å². The maximum Gasteiger partial charge on any atom is 0.244 e. The van der Waals surface area contributed by atoms with E-state index in [4.69, 9.17) is 4.74 Å². The average Bonchev–Trinajstić information content (AvgIpc) is 2.86. The molecule has 9 heteroatoms. The summed E-state index contributed by atoms with van der Waals surface area (Å²) < 4.78 is 32.2. The van der Waals surface area contributed by atoms with E-state index >= 15 is 0 Å². The summed E-state index contributed by atoms with van der Waals surface area (Å²) in [5.41, 5.74) is 2.77. The van der Waals surface area contributed by atoms with Crippen LogP contribution in [0.1, 0.15) is 55.7 Å². The van der Waals surface area contributed by atoms with Crippen molar-refractivity contribution in [2.75, 3.05) is 24.2 Å². The maximum absolute atomic E-state index is 13.8. The Labute approximate surface area is 221 Å². The van der Waals surface area contributed by atoms with Crippen LogP contribution >= 0.6 is 0 Å². The fraction of sp³-hybridized carbons (Fsp3) is 0.500. The van der Waals surface area contributed by atoms with Crippen LogP contribution in [0.4, 0.5) is 5.69 Å². The highest BCUT2D eigenvalue weighted by molar-refractivity contribution is 7.92. The third kappa shape index (κ3) is 7.47. The number of carbonyl (C=O) groups is 2. The molecule has 1 atom stereocenters. The van der Waals surface area contributed by atoms with Gasteiger partial charge in [-0.05, 0) is 62.4 Å². The summed E-state index contributed by atoms with van der Waals surface area (Å²) >= 11 is 0. The predicted octanol–water partition coefficient (Wildman–Crippen LogP) is 3.94. The molecule has 2 aromatic carbocycles. The van der Waals surface area contributed by atoms with E-state index in [9.17, 15) is 18.0 Å². The summed E-state index contributed by atoms with van der Waals surface area (Å²) in [6.45, 7) is 5.06. The molecule has 0 radical (unpaired) electrons. The molecular formula is C28H39N3O5S. The molecule has 0 saturated heterocycles. The minimum Gasteiger partial charge on any atom is -0.497 e. The van der Waals surface area contributed by atoms with Gasteiger partial charge >= 0.3 is 0 Å². The van der Waals surface area contributed by atoms with Gasteiger partial charge in [-0.3, -0.25) is 13.9 Å². The Balaban J connectivity index is 1.92. The van der Waals surface area contributed by atoms with Crippen molar-refractivity contribution in [3.63, 3.8) is 0 Å². The second-order valence-corrected chi connectivity index (χ2v) is 11.8. The number of rotatable bonds is 10. The lowest BCUT2D eigenvalue weighted by Crippen LogP contribution is -2.53. The van der Waals surface area contributed by atoms with Gasteiger partial charge in [-0.15, -0.1) is 0 Å². The van der Waals surface area contributed by atoms with Gasteiger partial charge < -0.3 is 15.0 Å². The highest BCUT2D eigenvalue weighted by Crippen LogP contribution is 2.27. The fourth-order valence-corrected chi connectivity index (χ4v) is 5.86. The molecular weight excluding hydrogens is 490 g/mol. The number of hydrogen-bond acceptors (Lipinski definition) is 5. The zero-order chi connectivity index (χ0) is 27.2. The van der Waals surface area contributed by atoms with Crippen molar-refractivity contribution >= 4 is 27.5 Å². The molecule has 202 valence electrons. The Morgan fingerprint density at radius 3 is 2.27 bits per heavy atom. The molecule has 8 nitrogen and oxygen atoms in total. The Morgan fingerprint density at radius 1 is 1.05 bits per heavy atom. The number of nitrogens with one attached hydrogen (secondary N) is 1. The lowest BCUT2D eigenvalue weighted by atomic mass is 9.95. The van der Waals surface area contributed by atoms with Crippen LogP contribution in [0, 0.1) is 13.8 Å². The minimum absolute atomic E-state index is 0.0969. The topological polar surface area (TPSA) is 96.0 Å². The fourth-order valence-electron chi connectivity index (χ4n) is 4.89. The van der Waals surface area contributed by atoms with Crippen LogP contribution in [0.25, 0.3) is 0 Å². The van der Waals surface area contributed by atoms with Gasteiger partial charge in [0.05, 0.1) is 19.1 Å². The Kier molecular flexibility index (Phi) is 9.59. The summed E-state index contributed by atoms with van der Waals surface area (Å²) in [6.07, 6.45) is 6.27. The van der Waals surface area contributed by atoms with E-state index in [1.165, 1.54) is 11.3 Å². The standard InChI is InChI=1S/C28H39N3O5S/c1-20-11-9-12-21(2)27(20)31(37(5,34)35)19-26(32)30(18-23-13-10-16-25(17-23)36-4)22(3)28(33)29-24-14-7-6-8-15-24/h9-13,16-17,22,24H,6-8,14-15,18-19H2,1-5H3,(H,29,33)/t22-/m0/s1. The Hall–Kier alpha value is -3.07. The number of carbonyl (C=O) groups excluding carboxylic acids is 2. The Bertz CT molecular complexity index is 1190. The van der Waals surface area contributed by atoms with E-state index in [0.717, 1.165) is 52.9 Å². The zero-order valence-corrected chi connectivity index (χ0v) is 23.3. The molecule has 1 aliphatic rings. The summed E-state index contributed by atoms with van der Waals surface area (Å²) in [5.74, 6) is -0.0548. The van der Waals surface area contributed by atoms with Crippen molar-refractivity contribution in [1.82, 2.24) is 10.2 Å². The van der Waals surface area contributed by atoms with Gasteiger partial charge in [-0.1, -0.05) is 49.6 Å². The van der Waals surface area contributed by atoms with Gasteiger partial charge in [0.25, 0.3) is 0 Å². The minimum atomic E-state index is -3.78. The second kappa shape index (κ2) is 12.4. The predicted molar refractivity (Wildman–Crippen MR) is 146 cm³/mol. The highest BCUT2D eigenvalue weighted by Gasteiger charge is 2.32. The smallest absolute Gasteiger partial charge is 0.244 e. The summed E-state index contributed by atoms with van der Waals surface area (Å²) in [6, 6.07) is 12.1. The normalized spacial score (nSPS) is 15.1. The number of amides is 2. The third-order valence-electron chi connectivity index (χ3n) is 6.97. The van der Waals surface area contributed by atoms with Crippen LogP contribution in [0.15, 0.2) is 42.5 Å². The molecule has 0 aromatic heterocycles. The zero-order valence-electron chi connectivity index (χ0n) is 22.5. The number of benzene rings is 2. The lowest BCUT2D eigenvalue weighted by Gasteiger charge is -2.33. The van der Waals surface area contributed by atoms with Crippen LogP contribution in [-0.2, 0) is 26.2 Å². The molecule has 1 N–H and O–H groups in total. The molecule has 0 spiro atoms. The monoisotopic (exact) mass is 529 g/mol. The van der Waals surface area contributed by atoms with E-state index in [1.54, 1.807) is 20.1 Å². The molecule has 0 heterocycles. The average molecular weight is 530 g/mol. The van der Waals surface area contributed by atoms with Gasteiger partial charge in [-0.25, -0.2) is 8.42 Å². The first kappa shape index (κ1) is 28.5. The molecule has 0 aliphatic heterocycles. The van der Waals surface area contributed by atoms with Crippen molar-refractivity contribution in [1.29, 1.82) is 0 Å². The maximum atomic E-state index is 13.8. The summed E-state index contributed by atoms with van der Waals surface area (Å²) in [5, 5.41) is 3.11. The number of methoxy groups -OCH3 is 1. The molecule has 1 aliphatic carbocycles. The second-order valence-electron chi connectivity index (χ2n) is 9.90. The first-order valence-corrected chi connectivity index (χ1v) is 14.6. The van der Waals surface area contributed by atoms with Crippen molar-refractivity contribution < 1.29 is 22.7 Å². The molecule has 2 aromatic rings. The SMILES string of the molecule is COc1cccc(CN(C(=O)CN(c2c(C)cccc2C)S(C)(=O)=O)[C@@H](C)C(=O)NC2CCCCC2)c1. The van der Waals surface area contributed by atoms with Crippen LogP contribution < -0.4 is 14.4 Å². The first-order chi connectivity index (χ1) is 17.5. The van der Waals surface area contributed by atoms with Gasteiger partial charge in [0, 0.05) is 12.6 Å². The largest absolute Gasteiger partial charge is 0.497 e. The molecule has 0 unspecified atom stereocenters. The third-order valence-corrected chi connectivity index (χ3v) is 8.09. The number of nitrogens with zero attached hydrogens (tertiary/aromatic N) is 2. The number of aryl methyl sites for hydroxylation is 2. The van der Waals surface area contributed by atoms with Crippen LogP contribution in [-0.4, -0.2) is 57.1 Å². The molecule has 2 amide bonds. The van der Waals surface area contributed by atoms with Crippen LogP contribution in [0.3, 0.4) is 0 Å². The number of ether oxygens (including phenoxy) is 1. The molecule has 37 heavy (non-hydrogen) atoms. The number of sulfonamides is 1. The van der Waals surface area contributed by atoms with E-state index in [2.05, 4.69) is 5.32 Å². The number of hydrogen-bond donors (Lipinski definition) is 1. The van der Waals surface area contributed by atoms with E-state index in [-0.39, 0.29) is 18.5 Å². The summed E-state index contributed by atoms with van der Waals surface area (Å²) in [4.78, 5) is 28.5. The number of para-hydroxylation sites is 1. The van der Waals surface area contributed by atoms with Crippen molar-refractivity contribution in [3.8, 4) is 5.75 Å². The highest BCUT2D eigenvalue weighted by atomic mass is 32.2. The lowest BCUT2D eigenvalue weighted by molar-refractivity contribution is -0.139. The van der Waals surface area contributed by atoms with Gasteiger partial charge in [0.15, 0.2) is 0 Å². The van der Waals surface area contributed by atoms with E-state index < -0.39 is 28.5 Å².